The van der Waals surface area contributed by atoms with E-state index in [1.807, 2.05) is 36.4 Å². The van der Waals surface area contributed by atoms with Crippen LogP contribution in [0.15, 0.2) is 54.6 Å². The molecule has 2 aromatic carbocycles. The summed E-state index contributed by atoms with van der Waals surface area (Å²) in [5.74, 6) is -0.302. The maximum absolute atomic E-state index is 12.5. The molecule has 5 nitrogen and oxygen atoms in total. The topological polar surface area (TPSA) is 56.8 Å². The minimum absolute atomic E-state index is 0.00882. The van der Waals surface area contributed by atoms with Gasteiger partial charge in [-0.1, -0.05) is 54.6 Å². The first-order valence-corrected chi connectivity index (χ1v) is 9.59. The SMILES string of the molecule is O=C(N[C@H]1C[C@H]2CC3(OCCO3)[C@@H]1c1ccccc12)OCc1ccccc1. The Labute approximate surface area is 158 Å². The first kappa shape index (κ1) is 16.8. The Hall–Kier alpha value is -2.37. The molecule has 2 aromatic rings. The van der Waals surface area contributed by atoms with E-state index in [-0.39, 0.29) is 24.7 Å². The Kier molecular flexibility index (Phi) is 4.14. The smallest absolute Gasteiger partial charge is 0.407 e. The lowest BCUT2D eigenvalue weighted by Gasteiger charge is -2.52. The van der Waals surface area contributed by atoms with Gasteiger partial charge in [0.25, 0.3) is 0 Å². The molecule has 3 atom stereocenters. The highest BCUT2D eigenvalue weighted by molar-refractivity contribution is 5.68. The van der Waals surface area contributed by atoms with Gasteiger partial charge in [-0.05, 0) is 29.0 Å². The van der Waals surface area contributed by atoms with Crippen LogP contribution in [0.1, 0.15) is 41.4 Å². The van der Waals surface area contributed by atoms with E-state index < -0.39 is 5.79 Å². The van der Waals surface area contributed by atoms with E-state index in [2.05, 4.69) is 23.5 Å². The zero-order valence-electron chi connectivity index (χ0n) is 15.1. The maximum Gasteiger partial charge on any atom is 0.407 e. The second-order valence-electron chi connectivity index (χ2n) is 7.56. The van der Waals surface area contributed by atoms with E-state index in [1.165, 1.54) is 11.1 Å². The number of hydrogen-bond donors (Lipinski definition) is 1. The molecule has 27 heavy (non-hydrogen) atoms. The van der Waals surface area contributed by atoms with Crippen molar-refractivity contribution < 1.29 is 19.0 Å². The molecule has 1 spiro atoms. The van der Waals surface area contributed by atoms with E-state index in [0.717, 1.165) is 18.4 Å². The third-order valence-corrected chi connectivity index (χ3v) is 6.01. The molecule has 1 saturated heterocycles. The van der Waals surface area contributed by atoms with Crippen LogP contribution >= 0.6 is 0 Å². The van der Waals surface area contributed by atoms with E-state index in [4.69, 9.17) is 14.2 Å². The number of amides is 1. The minimum atomic E-state index is -0.616. The zero-order chi connectivity index (χ0) is 18.3. The molecular weight excluding hydrogens is 342 g/mol. The van der Waals surface area contributed by atoms with Crippen LogP contribution in [0.4, 0.5) is 4.79 Å². The zero-order valence-corrected chi connectivity index (χ0v) is 15.1. The first-order chi connectivity index (χ1) is 13.3. The highest BCUT2D eigenvalue weighted by atomic mass is 16.7. The lowest BCUT2D eigenvalue weighted by atomic mass is 9.61. The van der Waals surface area contributed by atoms with Gasteiger partial charge in [-0.25, -0.2) is 4.79 Å². The van der Waals surface area contributed by atoms with Crippen LogP contribution in [0, 0.1) is 0 Å². The van der Waals surface area contributed by atoms with Gasteiger partial charge in [0.15, 0.2) is 5.79 Å². The van der Waals surface area contributed by atoms with Crippen molar-refractivity contribution in [2.24, 2.45) is 0 Å². The Morgan fingerprint density at radius 2 is 1.74 bits per heavy atom. The van der Waals surface area contributed by atoms with E-state index in [9.17, 15) is 4.79 Å². The molecule has 0 radical (unpaired) electrons. The van der Waals surface area contributed by atoms with Crippen molar-refractivity contribution in [3.63, 3.8) is 0 Å². The van der Waals surface area contributed by atoms with Crippen molar-refractivity contribution >= 4 is 6.09 Å². The summed E-state index contributed by atoms with van der Waals surface area (Å²) >= 11 is 0. The summed E-state index contributed by atoms with van der Waals surface area (Å²) in [6.45, 7) is 1.48. The Morgan fingerprint density at radius 3 is 2.52 bits per heavy atom. The van der Waals surface area contributed by atoms with Crippen LogP contribution in [0.2, 0.25) is 0 Å². The second-order valence-corrected chi connectivity index (χ2v) is 7.56. The van der Waals surface area contributed by atoms with Crippen molar-refractivity contribution in [1.82, 2.24) is 5.32 Å². The molecule has 6 rings (SSSR count). The summed E-state index contributed by atoms with van der Waals surface area (Å²) in [5, 5.41) is 3.09. The third-order valence-electron chi connectivity index (χ3n) is 6.01. The molecule has 140 valence electrons. The molecular formula is C22H23NO4. The van der Waals surface area contributed by atoms with Crippen molar-refractivity contribution in [2.75, 3.05) is 13.2 Å². The van der Waals surface area contributed by atoms with Gasteiger partial charge in [0, 0.05) is 12.5 Å². The third kappa shape index (κ3) is 2.91. The number of ether oxygens (including phenoxy) is 3. The highest BCUT2D eigenvalue weighted by Gasteiger charge is 2.58. The summed E-state index contributed by atoms with van der Waals surface area (Å²) in [4.78, 5) is 12.5. The molecule has 5 heteroatoms. The van der Waals surface area contributed by atoms with E-state index in [1.54, 1.807) is 0 Å². The van der Waals surface area contributed by atoms with Crippen LogP contribution in [0.25, 0.3) is 0 Å². The second kappa shape index (κ2) is 6.66. The maximum atomic E-state index is 12.5. The summed E-state index contributed by atoms with van der Waals surface area (Å²) in [5.41, 5.74) is 3.57. The van der Waals surface area contributed by atoms with Crippen LogP contribution in [-0.4, -0.2) is 31.1 Å². The molecule has 4 aliphatic rings. The summed E-state index contributed by atoms with van der Waals surface area (Å²) in [6.07, 6.45) is 1.35. The highest BCUT2D eigenvalue weighted by Crippen LogP contribution is 2.57. The van der Waals surface area contributed by atoms with Crippen molar-refractivity contribution in [3.8, 4) is 0 Å². The van der Waals surface area contributed by atoms with E-state index in [0.29, 0.717) is 19.1 Å². The van der Waals surface area contributed by atoms with Gasteiger partial charge in [0.05, 0.1) is 19.1 Å². The van der Waals surface area contributed by atoms with Gasteiger partial charge in [0.1, 0.15) is 6.61 Å². The number of fused-ring (bicyclic) bond motifs is 1. The predicted octanol–water partition coefficient (Wildman–Crippen LogP) is 3.70. The fourth-order valence-corrected chi connectivity index (χ4v) is 4.99. The number of hydrogen-bond acceptors (Lipinski definition) is 4. The lowest BCUT2D eigenvalue weighted by Crippen LogP contribution is -2.58. The quantitative estimate of drug-likeness (QED) is 0.901. The number of nitrogens with one attached hydrogen (secondary N) is 1. The van der Waals surface area contributed by atoms with Crippen molar-refractivity contribution in [3.05, 3.63) is 71.3 Å². The van der Waals surface area contributed by atoms with Gasteiger partial charge in [-0.3, -0.25) is 0 Å². The van der Waals surface area contributed by atoms with Gasteiger partial charge in [-0.15, -0.1) is 0 Å². The lowest BCUT2D eigenvalue weighted by molar-refractivity contribution is -0.205. The Morgan fingerprint density at radius 1 is 1.04 bits per heavy atom. The van der Waals surface area contributed by atoms with Gasteiger partial charge >= 0.3 is 6.09 Å². The number of carbonyl (C=O) groups excluding carboxylic acids is 1. The van der Waals surface area contributed by atoms with Crippen LogP contribution < -0.4 is 5.32 Å². The average molecular weight is 365 g/mol. The first-order valence-electron chi connectivity index (χ1n) is 9.59. The van der Waals surface area contributed by atoms with Crippen LogP contribution in [0.3, 0.4) is 0 Å². The molecule has 2 bridgehead atoms. The van der Waals surface area contributed by atoms with Gasteiger partial charge in [-0.2, -0.15) is 0 Å². The number of benzene rings is 2. The number of carbonyl (C=O) groups is 1. The normalized spacial score (nSPS) is 27.3. The fraction of sp³-hybridized carbons (Fsp3) is 0.409. The summed E-state index contributed by atoms with van der Waals surface area (Å²) in [7, 11) is 0. The summed E-state index contributed by atoms with van der Waals surface area (Å²) < 4.78 is 17.6. The van der Waals surface area contributed by atoms with Crippen LogP contribution in [-0.2, 0) is 20.8 Å². The molecule has 3 aliphatic carbocycles. The van der Waals surface area contributed by atoms with Gasteiger partial charge < -0.3 is 19.5 Å². The summed E-state index contributed by atoms with van der Waals surface area (Å²) in [6, 6.07) is 18.1. The molecule has 0 aromatic heterocycles. The Balaban J connectivity index is 1.35. The molecule has 1 N–H and O–H groups in total. The Bertz CT molecular complexity index is 831. The van der Waals surface area contributed by atoms with E-state index >= 15 is 0 Å². The minimum Gasteiger partial charge on any atom is -0.445 e. The number of alkyl carbamates (subject to hydrolysis) is 1. The van der Waals surface area contributed by atoms with Gasteiger partial charge in [0.2, 0.25) is 0 Å². The van der Waals surface area contributed by atoms with Crippen LogP contribution in [0.5, 0.6) is 0 Å². The molecule has 1 amide bonds. The molecule has 2 fully saturated rings. The average Bonchev–Trinajstić information content (AvgIpc) is 3.15. The monoisotopic (exact) mass is 365 g/mol. The fourth-order valence-electron chi connectivity index (χ4n) is 4.99. The molecule has 1 aliphatic heterocycles. The predicted molar refractivity (Wildman–Crippen MR) is 99.3 cm³/mol. The van der Waals surface area contributed by atoms with Crippen molar-refractivity contribution in [2.45, 2.75) is 43.1 Å². The standard InChI is InChI=1S/C22H23NO4/c24-21(25-14-15-6-2-1-3-7-15)23-19-12-16-13-22(26-10-11-27-22)20(19)18-9-5-4-8-17(16)18/h1-9,16,19-20H,10-14H2,(H,23,24)/t16-,19-,20+/m0/s1. The molecule has 1 saturated carbocycles. The molecule has 1 heterocycles. The number of rotatable bonds is 3. The largest absolute Gasteiger partial charge is 0.445 e. The van der Waals surface area contributed by atoms with Crippen molar-refractivity contribution in [1.29, 1.82) is 0 Å². The molecule has 0 unspecified atom stereocenters.